The maximum atomic E-state index is 15.3. The number of rotatable bonds is 4. The summed E-state index contributed by atoms with van der Waals surface area (Å²) in [7, 11) is 3.23. The number of halogens is 1. The second-order valence-electron chi connectivity index (χ2n) is 8.15. The van der Waals surface area contributed by atoms with Crippen molar-refractivity contribution in [1.82, 2.24) is 15.1 Å². The van der Waals surface area contributed by atoms with Gasteiger partial charge in [-0.25, -0.2) is 4.39 Å². The summed E-state index contributed by atoms with van der Waals surface area (Å²) < 4.78 is 22.2. The van der Waals surface area contributed by atoms with Crippen molar-refractivity contribution in [2.24, 2.45) is 24.6 Å². The van der Waals surface area contributed by atoms with Gasteiger partial charge in [0.1, 0.15) is 11.6 Å². The maximum Gasteiger partial charge on any atom is 0.252 e. The molecule has 0 saturated carbocycles. The Morgan fingerprint density at radius 1 is 1.23 bits per heavy atom. The Labute approximate surface area is 173 Å². The molecule has 2 aliphatic heterocycles. The Morgan fingerprint density at radius 3 is 2.60 bits per heavy atom. The van der Waals surface area contributed by atoms with Crippen molar-refractivity contribution in [1.29, 1.82) is 0 Å². The summed E-state index contributed by atoms with van der Waals surface area (Å²) in [4.78, 5) is 14.1. The monoisotopic (exact) mass is 409 g/mol. The maximum absolute atomic E-state index is 15.3. The topological polar surface area (TPSA) is 85.4 Å². The van der Waals surface area contributed by atoms with Crippen molar-refractivity contribution in [3.63, 3.8) is 0 Å². The van der Waals surface area contributed by atoms with E-state index in [1.54, 1.807) is 36.0 Å². The van der Waals surface area contributed by atoms with Gasteiger partial charge in [-0.1, -0.05) is 0 Å². The van der Waals surface area contributed by atoms with Crippen LogP contribution in [0.5, 0.6) is 5.75 Å². The van der Waals surface area contributed by atoms with Crippen LogP contribution < -0.4 is 20.7 Å². The van der Waals surface area contributed by atoms with Crippen molar-refractivity contribution in [3.05, 3.63) is 41.7 Å². The van der Waals surface area contributed by atoms with E-state index in [1.807, 2.05) is 6.07 Å². The van der Waals surface area contributed by atoms with Crippen LogP contribution in [0.4, 0.5) is 10.1 Å². The van der Waals surface area contributed by atoms with Crippen LogP contribution in [-0.4, -0.2) is 49.0 Å². The Morgan fingerprint density at radius 2 is 1.97 bits per heavy atom. The zero-order chi connectivity index (χ0) is 21.0. The van der Waals surface area contributed by atoms with Gasteiger partial charge >= 0.3 is 0 Å². The molecule has 3 N–H and O–H groups in total. The highest BCUT2D eigenvalue weighted by Crippen LogP contribution is 2.37. The molecule has 30 heavy (non-hydrogen) atoms. The molecular formula is C22H24FN5O2. The Bertz CT molecular complexity index is 1150. The first-order valence-corrected chi connectivity index (χ1v) is 10.1. The minimum absolute atomic E-state index is 0.244. The van der Waals surface area contributed by atoms with Crippen LogP contribution in [0.2, 0.25) is 0 Å². The summed E-state index contributed by atoms with van der Waals surface area (Å²) in [5.74, 6) is 0.703. The number of anilines is 1. The van der Waals surface area contributed by atoms with Gasteiger partial charge in [0.2, 0.25) is 0 Å². The van der Waals surface area contributed by atoms with Crippen LogP contribution in [0.25, 0.3) is 22.2 Å². The highest BCUT2D eigenvalue weighted by Gasteiger charge is 2.36. The molecule has 7 nitrogen and oxygen atoms in total. The summed E-state index contributed by atoms with van der Waals surface area (Å²) in [5.41, 5.74) is 8.29. The minimum Gasteiger partial charge on any atom is -0.496 e. The van der Waals surface area contributed by atoms with Gasteiger partial charge in [-0.15, -0.1) is 0 Å². The van der Waals surface area contributed by atoms with E-state index < -0.39 is 5.91 Å². The highest BCUT2D eigenvalue weighted by atomic mass is 19.1. The van der Waals surface area contributed by atoms with E-state index in [4.69, 9.17) is 10.5 Å². The molecule has 2 aliphatic rings. The molecule has 1 aromatic heterocycles. The van der Waals surface area contributed by atoms with E-state index in [1.165, 1.54) is 7.11 Å². The number of fused-ring (bicyclic) bond motifs is 2. The molecule has 0 spiro atoms. The molecule has 5 rings (SSSR count). The SMILES string of the molecule is COc1cc2nn(C)c(-c3ccc(N4CC5CNCC5C4)cc3F)c2cc1C(N)=O. The predicted molar refractivity (Wildman–Crippen MR) is 113 cm³/mol. The van der Waals surface area contributed by atoms with E-state index in [-0.39, 0.29) is 11.4 Å². The Balaban J connectivity index is 1.56. The van der Waals surface area contributed by atoms with Crippen LogP contribution in [0, 0.1) is 17.7 Å². The molecule has 2 fully saturated rings. The molecule has 8 heteroatoms. The summed E-state index contributed by atoms with van der Waals surface area (Å²) in [6, 6.07) is 8.64. The quantitative estimate of drug-likeness (QED) is 0.690. The molecule has 2 aromatic carbocycles. The second-order valence-corrected chi connectivity index (χ2v) is 8.15. The number of carbonyl (C=O) groups is 1. The van der Waals surface area contributed by atoms with Gasteiger partial charge in [0.25, 0.3) is 5.91 Å². The lowest BCUT2D eigenvalue weighted by Crippen LogP contribution is -2.25. The predicted octanol–water partition coefficient (Wildman–Crippen LogP) is 2.14. The minimum atomic E-state index is -0.603. The first kappa shape index (κ1) is 18.9. The lowest BCUT2D eigenvalue weighted by Gasteiger charge is -2.20. The largest absolute Gasteiger partial charge is 0.496 e. The smallest absolute Gasteiger partial charge is 0.252 e. The zero-order valence-electron chi connectivity index (χ0n) is 17.0. The number of carbonyl (C=O) groups excluding carboxylic acids is 1. The van der Waals surface area contributed by atoms with Crippen molar-refractivity contribution in [3.8, 4) is 17.0 Å². The fraction of sp³-hybridized carbons (Fsp3) is 0.364. The molecule has 0 radical (unpaired) electrons. The summed E-state index contributed by atoms with van der Waals surface area (Å²) in [5, 5.41) is 8.56. The third kappa shape index (κ3) is 2.90. The molecule has 156 valence electrons. The lowest BCUT2D eigenvalue weighted by atomic mass is 10.0. The molecule has 2 unspecified atom stereocenters. The number of nitrogens with two attached hydrogens (primary N) is 1. The van der Waals surface area contributed by atoms with E-state index in [2.05, 4.69) is 15.3 Å². The number of aromatic nitrogens is 2. The Kier molecular flexibility index (Phi) is 4.39. The fourth-order valence-corrected chi connectivity index (χ4v) is 4.87. The van der Waals surface area contributed by atoms with Gasteiger partial charge in [0.05, 0.1) is 23.9 Å². The van der Waals surface area contributed by atoms with Crippen molar-refractivity contribution in [2.45, 2.75) is 0 Å². The number of methoxy groups -OCH3 is 1. The van der Waals surface area contributed by atoms with Gasteiger partial charge < -0.3 is 20.7 Å². The first-order chi connectivity index (χ1) is 14.5. The molecule has 1 amide bonds. The Hall–Kier alpha value is -3.13. The number of hydrogen-bond donors (Lipinski definition) is 2. The molecule has 2 atom stereocenters. The van der Waals surface area contributed by atoms with Gasteiger partial charge in [-0.2, -0.15) is 5.10 Å². The molecule has 0 bridgehead atoms. The van der Waals surface area contributed by atoms with E-state index in [9.17, 15) is 4.79 Å². The van der Waals surface area contributed by atoms with Crippen molar-refractivity contribution >= 4 is 22.5 Å². The number of ether oxygens (including phenoxy) is 1. The van der Waals surface area contributed by atoms with Crippen LogP contribution in [0.15, 0.2) is 30.3 Å². The van der Waals surface area contributed by atoms with Gasteiger partial charge in [-0.3, -0.25) is 9.48 Å². The van der Waals surface area contributed by atoms with Crippen molar-refractivity contribution in [2.75, 3.05) is 38.2 Å². The summed E-state index contributed by atoms with van der Waals surface area (Å²) >= 11 is 0. The lowest BCUT2D eigenvalue weighted by molar-refractivity contribution is 0.0997. The number of aryl methyl sites for hydroxylation is 1. The number of hydrogen-bond acceptors (Lipinski definition) is 5. The summed E-state index contributed by atoms with van der Waals surface area (Å²) in [6.07, 6.45) is 0. The fourth-order valence-electron chi connectivity index (χ4n) is 4.87. The van der Waals surface area contributed by atoms with Crippen LogP contribution in [0.3, 0.4) is 0 Å². The molecule has 3 heterocycles. The van der Waals surface area contributed by atoms with Crippen LogP contribution in [0.1, 0.15) is 10.4 Å². The third-order valence-corrected chi connectivity index (χ3v) is 6.38. The molecule has 0 aliphatic carbocycles. The number of amides is 1. The first-order valence-electron chi connectivity index (χ1n) is 10.1. The second kappa shape index (κ2) is 6.98. The van der Waals surface area contributed by atoms with Gasteiger partial charge in [-0.05, 0) is 36.1 Å². The standard InChI is InChI=1S/C22H24FN5O2/c1-27-21(16-6-17(22(24)29)20(30-2)7-19(16)26-27)15-4-3-14(5-18(15)23)28-10-12-8-25-9-13(12)11-28/h3-7,12-13,25H,8-11H2,1-2H3,(H2,24,29). The summed E-state index contributed by atoms with van der Waals surface area (Å²) in [6.45, 7) is 3.97. The van der Waals surface area contributed by atoms with E-state index in [0.29, 0.717) is 39.7 Å². The normalized spacial score (nSPS) is 20.7. The van der Waals surface area contributed by atoms with E-state index >= 15 is 4.39 Å². The van der Waals surface area contributed by atoms with Crippen molar-refractivity contribution < 1.29 is 13.9 Å². The number of nitrogens with one attached hydrogen (secondary N) is 1. The number of primary amides is 1. The van der Waals surface area contributed by atoms with Gasteiger partial charge in [0, 0.05) is 55.9 Å². The van der Waals surface area contributed by atoms with Crippen LogP contribution >= 0.6 is 0 Å². The molecular weight excluding hydrogens is 385 g/mol. The average molecular weight is 409 g/mol. The zero-order valence-corrected chi connectivity index (χ0v) is 17.0. The van der Waals surface area contributed by atoms with E-state index in [0.717, 1.165) is 31.9 Å². The number of benzene rings is 2. The van der Waals surface area contributed by atoms with Crippen LogP contribution in [-0.2, 0) is 7.05 Å². The average Bonchev–Trinajstić information content (AvgIpc) is 3.39. The third-order valence-electron chi connectivity index (χ3n) is 6.38. The number of nitrogens with zero attached hydrogens (tertiary/aromatic N) is 3. The molecule has 3 aromatic rings. The molecule has 2 saturated heterocycles. The van der Waals surface area contributed by atoms with Gasteiger partial charge in [0.15, 0.2) is 0 Å². The highest BCUT2D eigenvalue weighted by molar-refractivity contribution is 6.03.